The molecule has 1 aliphatic heterocycles. The van der Waals surface area contributed by atoms with Crippen molar-refractivity contribution in [1.29, 1.82) is 0 Å². The molecule has 1 aliphatic rings. The lowest BCUT2D eigenvalue weighted by atomic mass is 10.1. The summed E-state index contributed by atoms with van der Waals surface area (Å²) in [6.07, 6.45) is 5.05. The molecule has 7 nitrogen and oxygen atoms in total. The molecule has 1 unspecified atom stereocenters. The van der Waals surface area contributed by atoms with Gasteiger partial charge in [0, 0.05) is 25.3 Å². The van der Waals surface area contributed by atoms with Crippen LogP contribution in [-0.2, 0) is 6.54 Å². The van der Waals surface area contributed by atoms with E-state index in [4.69, 9.17) is 9.40 Å². The highest BCUT2D eigenvalue weighted by atomic mass is 16.3. The van der Waals surface area contributed by atoms with Crippen molar-refractivity contribution < 1.29 is 9.52 Å². The maximum absolute atomic E-state index is 9.18. The second kappa shape index (κ2) is 8.10. The Morgan fingerprint density at radius 1 is 1.26 bits per heavy atom. The molecule has 0 radical (unpaired) electrons. The van der Waals surface area contributed by atoms with Gasteiger partial charge < -0.3 is 19.7 Å². The van der Waals surface area contributed by atoms with Crippen LogP contribution in [0.4, 0.5) is 5.95 Å². The first kappa shape index (κ1) is 18.0. The second-order valence-electron chi connectivity index (χ2n) is 7.22. The fourth-order valence-electron chi connectivity index (χ4n) is 3.79. The zero-order chi connectivity index (χ0) is 18.6. The molecule has 2 N–H and O–H groups in total. The van der Waals surface area contributed by atoms with Gasteiger partial charge in [0.2, 0.25) is 5.95 Å². The number of β-amino-alcohol motifs (C(OH)–C–C–N with tert-alkyl or cyclic N) is 1. The molecule has 144 valence electrons. The van der Waals surface area contributed by atoms with E-state index >= 15 is 0 Å². The monoisotopic (exact) mass is 369 g/mol. The van der Waals surface area contributed by atoms with Crippen molar-refractivity contribution in [3.05, 3.63) is 42.0 Å². The van der Waals surface area contributed by atoms with Gasteiger partial charge >= 0.3 is 0 Å². The Morgan fingerprint density at radius 2 is 2.19 bits per heavy atom. The Hall–Kier alpha value is -2.38. The number of hydrogen-bond donors (Lipinski definition) is 2. The highest BCUT2D eigenvalue weighted by Gasteiger charge is 2.20. The van der Waals surface area contributed by atoms with Crippen molar-refractivity contribution >= 4 is 17.1 Å². The van der Waals surface area contributed by atoms with Gasteiger partial charge in [-0.3, -0.25) is 4.57 Å². The minimum absolute atomic E-state index is 0.224. The van der Waals surface area contributed by atoms with E-state index in [-0.39, 0.29) is 6.61 Å². The molecule has 1 atom stereocenters. The van der Waals surface area contributed by atoms with Crippen molar-refractivity contribution in [3.63, 3.8) is 0 Å². The van der Waals surface area contributed by atoms with E-state index in [0.29, 0.717) is 12.6 Å². The van der Waals surface area contributed by atoms with Gasteiger partial charge in [-0.05, 0) is 57.0 Å². The number of aliphatic hydroxyl groups is 1. The molecular formula is C20H27N5O2. The summed E-state index contributed by atoms with van der Waals surface area (Å²) in [4.78, 5) is 11.7. The van der Waals surface area contributed by atoms with Gasteiger partial charge in [-0.2, -0.15) is 0 Å². The molecule has 0 bridgehead atoms. The van der Waals surface area contributed by atoms with Crippen molar-refractivity contribution in [2.45, 2.75) is 38.8 Å². The Balaban J connectivity index is 1.56. The summed E-state index contributed by atoms with van der Waals surface area (Å²) < 4.78 is 7.88. The predicted molar refractivity (Wildman–Crippen MR) is 105 cm³/mol. The third-order valence-electron chi connectivity index (χ3n) is 5.18. The third kappa shape index (κ3) is 4.14. The van der Waals surface area contributed by atoms with Crippen molar-refractivity contribution in [2.75, 3.05) is 31.6 Å². The van der Waals surface area contributed by atoms with E-state index in [2.05, 4.69) is 19.8 Å². The first-order chi connectivity index (χ1) is 13.2. The molecule has 3 aromatic rings. The molecule has 0 saturated carbocycles. The van der Waals surface area contributed by atoms with Crippen LogP contribution in [0.5, 0.6) is 0 Å². The number of aromatic nitrogens is 3. The van der Waals surface area contributed by atoms with Crippen LogP contribution in [-0.4, -0.2) is 56.8 Å². The molecular weight excluding hydrogens is 342 g/mol. The second-order valence-corrected chi connectivity index (χ2v) is 7.22. The number of nitrogens with one attached hydrogen (secondary N) is 1. The summed E-state index contributed by atoms with van der Waals surface area (Å²) >= 11 is 0. The molecule has 0 aromatic carbocycles. The van der Waals surface area contributed by atoms with Crippen molar-refractivity contribution in [3.8, 4) is 0 Å². The molecule has 4 heterocycles. The Bertz CT molecular complexity index is 888. The Labute approximate surface area is 159 Å². The number of rotatable bonds is 6. The number of likely N-dealkylation sites (tertiary alicyclic amines) is 1. The number of pyridine rings is 1. The maximum atomic E-state index is 9.18. The van der Waals surface area contributed by atoms with Gasteiger partial charge in [-0.1, -0.05) is 0 Å². The van der Waals surface area contributed by atoms with Crippen LogP contribution >= 0.6 is 0 Å². The summed E-state index contributed by atoms with van der Waals surface area (Å²) in [5.41, 5.74) is 1.75. The maximum Gasteiger partial charge on any atom is 0.205 e. The normalized spacial score (nSPS) is 18.7. The summed E-state index contributed by atoms with van der Waals surface area (Å²) in [6.45, 7) is 5.58. The minimum Gasteiger partial charge on any atom is -0.464 e. The molecule has 7 heteroatoms. The molecule has 0 aliphatic carbocycles. The van der Waals surface area contributed by atoms with Gasteiger partial charge in [0.05, 0.1) is 13.2 Å². The van der Waals surface area contributed by atoms with Crippen molar-refractivity contribution in [1.82, 2.24) is 19.4 Å². The highest BCUT2D eigenvalue weighted by molar-refractivity contribution is 5.74. The number of hydrogen-bond acceptors (Lipinski definition) is 6. The Morgan fingerprint density at radius 3 is 3.00 bits per heavy atom. The molecule has 1 fully saturated rings. The summed E-state index contributed by atoms with van der Waals surface area (Å²) in [5, 5.41) is 12.8. The van der Waals surface area contributed by atoms with E-state index in [1.807, 2.05) is 31.2 Å². The number of anilines is 1. The molecule has 1 saturated heterocycles. The number of imidazole rings is 1. The van der Waals surface area contributed by atoms with Gasteiger partial charge in [0.1, 0.15) is 17.0 Å². The van der Waals surface area contributed by atoms with E-state index < -0.39 is 0 Å². The molecule has 3 aromatic heterocycles. The molecule has 0 spiro atoms. The van der Waals surface area contributed by atoms with E-state index in [1.165, 1.54) is 0 Å². The van der Waals surface area contributed by atoms with Gasteiger partial charge in [-0.15, -0.1) is 0 Å². The summed E-state index contributed by atoms with van der Waals surface area (Å²) in [5.74, 6) is 2.65. The minimum atomic E-state index is 0.224. The lowest BCUT2D eigenvalue weighted by Gasteiger charge is -2.19. The third-order valence-corrected chi connectivity index (χ3v) is 5.18. The van der Waals surface area contributed by atoms with E-state index in [1.54, 1.807) is 6.20 Å². The van der Waals surface area contributed by atoms with Gasteiger partial charge in [0.15, 0.2) is 5.65 Å². The number of fused-ring (bicyclic) bond motifs is 1. The summed E-state index contributed by atoms with van der Waals surface area (Å²) in [7, 11) is 0. The standard InChI is InChI=1S/C20H27N5O2/c1-15-6-7-17(27-15)14-25-19-18(5-2-9-21-19)23-20(25)22-16-4-3-10-24(11-8-16)12-13-26/h2,5-7,9,16,26H,3-4,8,10-14H2,1H3,(H,22,23). The summed E-state index contributed by atoms with van der Waals surface area (Å²) in [6, 6.07) is 8.26. The zero-order valence-corrected chi connectivity index (χ0v) is 15.8. The van der Waals surface area contributed by atoms with Crippen molar-refractivity contribution in [2.24, 2.45) is 0 Å². The number of nitrogens with zero attached hydrogens (tertiary/aromatic N) is 4. The SMILES string of the molecule is Cc1ccc(Cn2c(NC3CCCN(CCO)CC3)nc3cccnc32)o1. The van der Waals surface area contributed by atoms with E-state index in [9.17, 15) is 5.11 Å². The topological polar surface area (TPSA) is 79.4 Å². The highest BCUT2D eigenvalue weighted by Crippen LogP contribution is 2.23. The van der Waals surface area contributed by atoms with Crippen LogP contribution < -0.4 is 5.32 Å². The molecule has 0 amide bonds. The first-order valence-corrected chi connectivity index (χ1v) is 9.69. The van der Waals surface area contributed by atoms with Crippen LogP contribution in [0.25, 0.3) is 11.2 Å². The van der Waals surface area contributed by atoms with Crippen LogP contribution in [0.2, 0.25) is 0 Å². The molecule has 27 heavy (non-hydrogen) atoms. The quantitative estimate of drug-likeness (QED) is 0.695. The molecule has 4 rings (SSSR count). The van der Waals surface area contributed by atoms with Crippen LogP contribution in [0, 0.1) is 6.92 Å². The number of furan rings is 1. The smallest absolute Gasteiger partial charge is 0.205 e. The lowest BCUT2D eigenvalue weighted by Crippen LogP contribution is -2.29. The average molecular weight is 369 g/mol. The van der Waals surface area contributed by atoms with Gasteiger partial charge in [0.25, 0.3) is 0 Å². The fraction of sp³-hybridized carbons (Fsp3) is 0.500. The van der Waals surface area contributed by atoms with E-state index in [0.717, 1.165) is 67.5 Å². The van der Waals surface area contributed by atoms with Crippen LogP contribution in [0.1, 0.15) is 30.8 Å². The lowest BCUT2D eigenvalue weighted by molar-refractivity contribution is 0.200. The van der Waals surface area contributed by atoms with Crippen LogP contribution in [0.3, 0.4) is 0 Å². The number of aryl methyl sites for hydroxylation is 1. The van der Waals surface area contributed by atoms with Gasteiger partial charge in [-0.25, -0.2) is 9.97 Å². The predicted octanol–water partition coefficient (Wildman–Crippen LogP) is 2.64. The number of aliphatic hydroxyl groups excluding tert-OH is 1. The largest absolute Gasteiger partial charge is 0.464 e. The Kier molecular flexibility index (Phi) is 5.40. The zero-order valence-electron chi connectivity index (χ0n) is 15.8. The average Bonchev–Trinajstić information content (AvgIpc) is 3.14. The first-order valence-electron chi connectivity index (χ1n) is 9.69. The van der Waals surface area contributed by atoms with Crippen LogP contribution in [0.15, 0.2) is 34.9 Å². The fourth-order valence-corrected chi connectivity index (χ4v) is 3.79.